The number of nitrogens with zero attached hydrogens (tertiary/aromatic N) is 1. The van der Waals surface area contributed by atoms with Gasteiger partial charge in [0.2, 0.25) is 0 Å². The van der Waals surface area contributed by atoms with Gasteiger partial charge in [-0.2, -0.15) is 0 Å². The van der Waals surface area contributed by atoms with Gasteiger partial charge in [-0.15, -0.1) is 11.3 Å². The lowest BCUT2D eigenvalue weighted by molar-refractivity contribution is -0.142. The summed E-state index contributed by atoms with van der Waals surface area (Å²) in [6, 6.07) is 0.865. The lowest BCUT2D eigenvalue weighted by Gasteiger charge is -2.33. The molecule has 1 aliphatic heterocycles. The molecule has 5 nitrogen and oxygen atoms in total. The molecule has 2 unspecified atom stereocenters. The number of thiophene rings is 1. The molecule has 2 heterocycles. The predicted octanol–water partition coefficient (Wildman–Crippen LogP) is 2.24. The van der Waals surface area contributed by atoms with Crippen LogP contribution in [-0.2, 0) is 11.2 Å². The smallest absolute Gasteiger partial charge is 0.331 e. The SMILES string of the molecule is CC1(C)CC1NC(=O)N1CCc2sccc2C1C(=O)O. The van der Waals surface area contributed by atoms with Crippen LogP contribution in [0.25, 0.3) is 0 Å². The second kappa shape index (κ2) is 4.48. The molecular formula is C14H18N2O3S. The zero-order valence-electron chi connectivity index (χ0n) is 11.5. The summed E-state index contributed by atoms with van der Waals surface area (Å²) in [6.07, 6.45) is 1.69. The number of urea groups is 1. The van der Waals surface area contributed by atoms with Gasteiger partial charge in [-0.25, -0.2) is 9.59 Å². The van der Waals surface area contributed by atoms with E-state index in [0.29, 0.717) is 6.54 Å². The average molecular weight is 294 g/mol. The van der Waals surface area contributed by atoms with E-state index in [4.69, 9.17) is 0 Å². The molecule has 1 aliphatic carbocycles. The van der Waals surface area contributed by atoms with Crippen LogP contribution in [0.5, 0.6) is 0 Å². The van der Waals surface area contributed by atoms with Gasteiger partial charge in [0.1, 0.15) is 0 Å². The highest BCUT2D eigenvalue weighted by Gasteiger charge is 2.48. The van der Waals surface area contributed by atoms with Crippen LogP contribution in [-0.4, -0.2) is 34.6 Å². The summed E-state index contributed by atoms with van der Waals surface area (Å²) in [6.45, 7) is 4.66. The highest BCUT2D eigenvalue weighted by atomic mass is 32.1. The number of amides is 2. The Morgan fingerprint density at radius 3 is 2.80 bits per heavy atom. The molecule has 0 radical (unpaired) electrons. The van der Waals surface area contributed by atoms with E-state index in [9.17, 15) is 14.7 Å². The Morgan fingerprint density at radius 1 is 1.50 bits per heavy atom. The van der Waals surface area contributed by atoms with Crippen molar-refractivity contribution < 1.29 is 14.7 Å². The molecule has 1 aromatic rings. The summed E-state index contributed by atoms with van der Waals surface area (Å²) in [4.78, 5) is 26.4. The first-order valence-electron chi connectivity index (χ1n) is 6.76. The zero-order chi connectivity index (χ0) is 14.5. The Morgan fingerprint density at radius 2 is 2.20 bits per heavy atom. The third kappa shape index (κ3) is 2.18. The Kier molecular flexibility index (Phi) is 3.01. The minimum Gasteiger partial charge on any atom is -0.479 e. The second-order valence-electron chi connectivity index (χ2n) is 6.18. The van der Waals surface area contributed by atoms with Gasteiger partial charge in [-0.1, -0.05) is 13.8 Å². The fraction of sp³-hybridized carbons (Fsp3) is 0.571. The molecule has 0 bridgehead atoms. The topological polar surface area (TPSA) is 69.6 Å². The number of nitrogens with one attached hydrogen (secondary N) is 1. The molecule has 3 rings (SSSR count). The van der Waals surface area contributed by atoms with Crippen molar-refractivity contribution in [2.24, 2.45) is 5.41 Å². The maximum Gasteiger partial charge on any atom is 0.331 e. The van der Waals surface area contributed by atoms with Crippen LogP contribution in [0, 0.1) is 5.41 Å². The van der Waals surface area contributed by atoms with Crippen LogP contribution < -0.4 is 5.32 Å². The zero-order valence-corrected chi connectivity index (χ0v) is 12.4. The van der Waals surface area contributed by atoms with Crippen molar-refractivity contribution in [3.8, 4) is 0 Å². The summed E-state index contributed by atoms with van der Waals surface area (Å²) >= 11 is 1.56. The average Bonchev–Trinajstić information content (AvgIpc) is 2.77. The third-order valence-corrected chi connectivity index (χ3v) is 5.27. The summed E-state index contributed by atoms with van der Waals surface area (Å²) in [5.41, 5.74) is 0.900. The number of fused-ring (bicyclic) bond motifs is 1. The molecule has 2 amide bonds. The molecule has 0 saturated heterocycles. The molecule has 1 saturated carbocycles. The first kappa shape index (κ1) is 13.4. The van der Waals surface area contributed by atoms with Crippen molar-refractivity contribution in [3.05, 3.63) is 21.9 Å². The van der Waals surface area contributed by atoms with Gasteiger partial charge in [0.15, 0.2) is 6.04 Å². The van der Waals surface area contributed by atoms with Crippen LogP contribution in [0.4, 0.5) is 4.79 Å². The summed E-state index contributed by atoms with van der Waals surface area (Å²) in [7, 11) is 0. The maximum atomic E-state index is 12.3. The Hall–Kier alpha value is -1.56. The molecule has 0 aromatic carbocycles. The van der Waals surface area contributed by atoms with E-state index >= 15 is 0 Å². The van der Waals surface area contributed by atoms with E-state index in [0.717, 1.165) is 23.3 Å². The number of carboxylic acid groups (broad SMARTS) is 1. The number of hydrogen-bond acceptors (Lipinski definition) is 3. The number of hydrogen-bond donors (Lipinski definition) is 2. The molecule has 6 heteroatoms. The van der Waals surface area contributed by atoms with Crippen molar-refractivity contribution in [1.29, 1.82) is 0 Å². The lowest BCUT2D eigenvalue weighted by atomic mass is 10.0. The molecule has 1 fully saturated rings. The van der Waals surface area contributed by atoms with E-state index in [1.807, 2.05) is 11.4 Å². The normalized spacial score (nSPS) is 26.8. The lowest BCUT2D eigenvalue weighted by Crippen LogP contribution is -2.48. The minimum absolute atomic E-state index is 0.137. The van der Waals surface area contributed by atoms with Crippen molar-refractivity contribution in [2.75, 3.05) is 6.54 Å². The maximum absolute atomic E-state index is 12.3. The van der Waals surface area contributed by atoms with Gasteiger partial charge in [-0.3, -0.25) is 0 Å². The fourth-order valence-electron chi connectivity index (χ4n) is 2.75. The van der Waals surface area contributed by atoms with E-state index in [1.165, 1.54) is 4.90 Å². The minimum atomic E-state index is -0.963. The number of carbonyl (C=O) groups is 2. The first-order chi connectivity index (χ1) is 9.40. The van der Waals surface area contributed by atoms with Crippen molar-refractivity contribution in [1.82, 2.24) is 10.2 Å². The van der Waals surface area contributed by atoms with Gasteiger partial charge in [0.25, 0.3) is 0 Å². The monoisotopic (exact) mass is 294 g/mol. The van der Waals surface area contributed by atoms with Gasteiger partial charge in [0, 0.05) is 17.5 Å². The van der Waals surface area contributed by atoms with Crippen LogP contribution >= 0.6 is 11.3 Å². The van der Waals surface area contributed by atoms with Crippen LogP contribution in [0.3, 0.4) is 0 Å². The Balaban J connectivity index is 1.79. The molecule has 2 N–H and O–H groups in total. The molecule has 2 aliphatic rings. The van der Waals surface area contributed by atoms with Crippen molar-refractivity contribution in [3.63, 3.8) is 0 Å². The van der Waals surface area contributed by atoms with Crippen LogP contribution in [0.1, 0.15) is 36.8 Å². The van der Waals surface area contributed by atoms with Crippen LogP contribution in [0.15, 0.2) is 11.4 Å². The van der Waals surface area contributed by atoms with Crippen LogP contribution in [0.2, 0.25) is 0 Å². The summed E-state index contributed by atoms with van der Waals surface area (Å²) < 4.78 is 0. The van der Waals surface area contributed by atoms with E-state index < -0.39 is 12.0 Å². The largest absolute Gasteiger partial charge is 0.479 e. The number of carboxylic acids is 1. The van der Waals surface area contributed by atoms with Gasteiger partial charge in [0.05, 0.1) is 0 Å². The second-order valence-corrected chi connectivity index (χ2v) is 7.18. The molecule has 0 spiro atoms. The molecule has 2 atom stereocenters. The predicted molar refractivity (Wildman–Crippen MR) is 75.8 cm³/mol. The van der Waals surface area contributed by atoms with E-state index in [-0.39, 0.29) is 17.5 Å². The molecule has 1 aromatic heterocycles. The molecule has 108 valence electrons. The quantitative estimate of drug-likeness (QED) is 0.879. The van der Waals surface area contributed by atoms with Gasteiger partial charge in [-0.05, 0) is 35.3 Å². The van der Waals surface area contributed by atoms with E-state index in [1.54, 1.807) is 11.3 Å². The fourth-order valence-corrected chi connectivity index (χ4v) is 3.65. The Bertz CT molecular complexity index is 567. The first-order valence-corrected chi connectivity index (χ1v) is 7.64. The van der Waals surface area contributed by atoms with Crippen molar-refractivity contribution in [2.45, 2.75) is 38.8 Å². The van der Waals surface area contributed by atoms with E-state index in [2.05, 4.69) is 19.2 Å². The standard InChI is InChI=1S/C14H18N2O3S/c1-14(2)7-10(14)15-13(19)16-5-3-9-8(4-6-20-9)11(16)12(17)18/h4,6,10-11H,3,5,7H2,1-2H3,(H,15,19)(H,17,18). The highest BCUT2D eigenvalue weighted by molar-refractivity contribution is 7.10. The Labute approximate surface area is 121 Å². The summed E-state index contributed by atoms with van der Waals surface area (Å²) in [5, 5.41) is 14.3. The van der Waals surface area contributed by atoms with Gasteiger partial charge < -0.3 is 15.3 Å². The molecule has 20 heavy (non-hydrogen) atoms. The van der Waals surface area contributed by atoms with Crippen molar-refractivity contribution >= 4 is 23.3 Å². The third-order valence-electron chi connectivity index (χ3n) is 4.27. The number of aliphatic carboxylic acids is 1. The molecular weight excluding hydrogens is 276 g/mol. The number of rotatable bonds is 2. The summed E-state index contributed by atoms with van der Waals surface area (Å²) in [5.74, 6) is -0.963. The van der Waals surface area contributed by atoms with Gasteiger partial charge >= 0.3 is 12.0 Å². The number of carbonyl (C=O) groups excluding carboxylic acids is 1. The highest BCUT2D eigenvalue weighted by Crippen LogP contribution is 2.45.